The Morgan fingerprint density at radius 1 is 1.55 bits per heavy atom. The first-order valence-electron chi connectivity index (χ1n) is 3.00. The van der Waals surface area contributed by atoms with Gasteiger partial charge in [0, 0.05) is 5.56 Å². The van der Waals surface area contributed by atoms with Gasteiger partial charge in [-0.2, -0.15) is 0 Å². The van der Waals surface area contributed by atoms with Crippen LogP contribution in [0.2, 0.25) is 0 Å². The number of aliphatic hydroxyl groups excluding tert-OH is 1. The molecule has 0 unspecified atom stereocenters. The van der Waals surface area contributed by atoms with Gasteiger partial charge in [-0.1, -0.05) is 0 Å². The van der Waals surface area contributed by atoms with Crippen LogP contribution in [0.5, 0.6) is 0 Å². The summed E-state index contributed by atoms with van der Waals surface area (Å²) in [6.45, 7) is -0.421. The van der Waals surface area contributed by atoms with Gasteiger partial charge in [0.25, 0.3) is 0 Å². The zero-order valence-electron chi connectivity index (χ0n) is 5.62. The van der Waals surface area contributed by atoms with Crippen molar-refractivity contribution in [2.45, 2.75) is 6.61 Å². The van der Waals surface area contributed by atoms with Crippen molar-refractivity contribution in [2.24, 2.45) is 5.18 Å². The maximum Gasteiger partial charge on any atom is 0.128 e. The topological polar surface area (TPSA) is 49.7 Å². The smallest absolute Gasteiger partial charge is 0.128 e. The van der Waals surface area contributed by atoms with Crippen molar-refractivity contribution in [1.29, 1.82) is 0 Å². The summed E-state index contributed by atoms with van der Waals surface area (Å²) in [6, 6.07) is 3.56. The van der Waals surface area contributed by atoms with Crippen LogP contribution >= 0.6 is 0 Å². The second-order valence-corrected chi connectivity index (χ2v) is 2.03. The number of halogens is 1. The van der Waals surface area contributed by atoms with Crippen molar-refractivity contribution in [1.82, 2.24) is 0 Å². The molecule has 3 nitrogen and oxygen atoms in total. The van der Waals surface area contributed by atoms with Gasteiger partial charge in [0.05, 0.1) is 6.61 Å². The van der Waals surface area contributed by atoms with Gasteiger partial charge in [0.15, 0.2) is 0 Å². The van der Waals surface area contributed by atoms with Gasteiger partial charge in [-0.25, -0.2) is 4.39 Å². The maximum absolute atomic E-state index is 12.6. The van der Waals surface area contributed by atoms with E-state index in [9.17, 15) is 9.30 Å². The third-order valence-electron chi connectivity index (χ3n) is 1.31. The molecular formula is C7H6FNO2. The fraction of sp³-hybridized carbons (Fsp3) is 0.143. The number of hydrogen-bond donors (Lipinski definition) is 1. The fourth-order valence-corrected chi connectivity index (χ4v) is 0.739. The third-order valence-corrected chi connectivity index (χ3v) is 1.31. The molecule has 0 saturated carbocycles. The van der Waals surface area contributed by atoms with E-state index < -0.39 is 12.4 Å². The van der Waals surface area contributed by atoms with Crippen LogP contribution in [-0.4, -0.2) is 5.11 Å². The molecule has 11 heavy (non-hydrogen) atoms. The standard InChI is InChI=1S/C7H6FNO2/c8-7-2-1-6(9-11)3-5(7)4-10/h1-3,10H,4H2. The summed E-state index contributed by atoms with van der Waals surface area (Å²) >= 11 is 0. The molecule has 0 radical (unpaired) electrons. The Balaban J connectivity index is 3.12. The van der Waals surface area contributed by atoms with Crippen LogP contribution in [0.4, 0.5) is 10.1 Å². The van der Waals surface area contributed by atoms with Gasteiger partial charge in [0.1, 0.15) is 11.5 Å². The highest BCUT2D eigenvalue weighted by atomic mass is 19.1. The van der Waals surface area contributed by atoms with Crippen LogP contribution in [0.3, 0.4) is 0 Å². The lowest BCUT2D eigenvalue weighted by Crippen LogP contribution is -1.87. The minimum absolute atomic E-state index is 0.0853. The molecule has 0 atom stereocenters. The molecule has 1 rings (SSSR count). The number of benzene rings is 1. The van der Waals surface area contributed by atoms with Gasteiger partial charge in [-0.15, -0.1) is 4.91 Å². The molecule has 0 bridgehead atoms. The van der Waals surface area contributed by atoms with Crippen LogP contribution < -0.4 is 0 Å². The second kappa shape index (κ2) is 3.21. The fourth-order valence-electron chi connectivity index (χ4n) is 0.739. The van der Waals surface area contributed by atoms with E-state index >= 15 is 0 Å². The Bertz CT molecular complexity index is 275. The summed E-state index contributed by atoms with van der Waals surface area (Å²) < 4.78 is 12.6. The van der Waals surface area contributed by atoms with E-state index in [4.69, 9.17) is 5.11 Å². The van der Waals surface area contributed by atoms with E-state index in [2.05, 4.69) is 5.18 Å². The number of nitroso groups, excluding NO2 is 1. The molecule has 1 aromatic rings. The van der Waals surface area contributed by atoms with Crippen molar-refractivity contribution in [3.05, 3.63) is 34.5 Å². The molecular weight excluding hydrogens is 149 g/mol. The van der Waals surface area contributed by atoms with E-state index in [0.717, 1.165) is 6.07 Å². The highest BCUT2D eigenvalue weighted by molar-refractivity contribution is 5.40. The predicted octanol–water partition coefficient (Wildman–Crippen LogP) is 1.72. The molecule has 0 heterocycles. The van der Waals surface area contributed by atoms with Gasteiger partial charge in [0.2, 0.25) is 0 Å². The van der Waals surface area contributed by atoms with Crippen LogP contribution in [0.1, 0.15) is 5.56 Å². The second-order valence-electron chi connectivity index (χ2n) is 2.03. The molecule has 0 aliphatic rings. The van der Waals surface area contributed by atoms with E-state index in [1.54, 1.807) is 0 Å². The molecule has 0 spiro atoms. The first-order chi connectivity index (χ1) is 5.27. The highest BCUT2D eigenvalue weighted by Crippen LogP contribution is 2.16. The summed E-state index contributed by atoms with van der Waals surface area (Å²) in [5.74, 6) is -0.528. The van der Waals surface area contributed by atoms with E-state index in [0.29, 0.717) is 0 Å². The van der Waals surface area contributed by atoms with Crippen LogP contribution in [-0.2, 0) is 6.61 Å². The average molecular weight is 155 g/mol. The van der Waals surface area contributed by atoms with E-state index in [-0.39, 0.29) is 11.3 Å². The maximum atomic E-state index is 12.6. The summed E-state index contributed by atoms with van der Waals surface area (Å²) in [4.78, 5) is 9.93. The highest BCUT2D eigenvalue weighted by Gasteiger charge is 2.01. The average Bonchev–Trinajstić information content (AvgIpc) is 2.05. The Labute approximate surface area is 62.5 Å². The van der Waals surface area contributed by atoms with Crippen molar-refractivity contribution in [2.75, 3.05) is 0 Å². The molecule has 0 aromatic heterocycles. The Kier molecular flexibility index (Phi) is 2.28. The third kappa shape index (κ3) is 1.59. The molecule has 0 aliphatic carbocycles. The van der Waals surface area contributed by atoms with Gasteiger partial charge in [-0.05, 0) is 23.4 Å². The SMILES string of the molecule is O=Nc1ccc(F)c(CO)c1. The van der Waals surface area contributed by atoms with Gasteiger partial charge in [-0.3, -0.25) is 0 Å². The summed E-state index contributed by atoms with van der Waals surface area (Å²) in [5, 5.41) is 11.1. The molecule has 4 heteroatoms. The molecule has 0 aliphatic heterocycles. The Morgan fingerprint density at radius 2 is 2.27 bits per heavy atom. The number of nitrogens with zero attached hydrogens (tertiary/aromatic N) is 1. The first-order valence-corrected chi connectivity index (χ1v) is 3.00. The van der Waals surface area contributed by atoms with E-state index in [1.165, 1.54) is 12.1 Å². The van der Waals surface area contributed by atoms with E-state index in [1.807, 2.05) is 0 Å². The van der Waals surface area contributed by atoms with Crippen molar-refractivity contribution in [3.8, 4) is 0 Å². The monoisotopic (exact) mass is 155 g/mol. The van der Waals surface area contributed by atoms with Crippen LogP contribution in [0, 0.1) is 10.7 Å². The molecule has 1 N–H and O–H groups in total. The molecule has 0 amide bonds. The summed E-state index contributed by atoms with van der Waals surface area (Å²) in [5.41, 5.74) is 0.206. The lowest BCUT2D eigenvalue weighted by atomic mass is 10.2. The summed E-state index contributed by atoms with van der Waals surface area (Å²) in [7, 11) is 0. The number of hydrogen-bond acceptors (Lipinski definition) is 3. The van der Waals surface area contributed by atoms with Crippen molar-refractivity contribution < 1.29 is 9.50 Å². The minimum Gasteiger partial charge on any atom is -0.392 e. The van der Waals surface area contributed by atoms with Crippen molar-refractivity contribution in [3.63, 3.8) is 0 Å². The number of aliphatic hydroxyl groups is 1. The quantitative estimate of drug-likeness (QED) is 0.661. The van der Waals surface area contributed by atoms with Crippen LogP contribution in [0.25, 0.3) is 0 Å². The lowest BCUT2D eigenvalue weighted by molar-refractivity contribution is 0.276. The normalized spacial score (nSPS) is 9.64. The first kappa shape index (κ1) is 7.81. The molecule has 58 valence electrons. The van der Waals surface area contributed by atoms with Gasteiger partial charge < -0.3 is 5.11 Å². The summed E-state index contributed by atoms with van der Waals surface area (Å²) in [6.07, 6.45) is 0. The van der Waals surface area contributed by atoms with Crippen LogP contribution in [0.15, 0.2) is 23.4 Å². The Hall–Kier alpha value is -1.29. The zero-order valence-corrected chi connectivity index (χ0v) is 5.62. The minimum atomic E-state index is -0.528. The zero-order chi connectivity index (χ0) is 8.27. The largest absolute Gasteiger partial charge is 0.392 e. The number of rotatable bonds is 2. The molecule has 0 fully saturated rings. The molecule has 0 saturated heterocycles. The lowest BCUT2D eigenvalue weighted by Gasteiger charge is -1.97. The Morgan fingerprint density at radius 3 is 2.82 bits per heavy atom. The molecule has 1 aromatic carbocycles. The van der Waals surface area contributed by atoms with Crippen molar-refractivity contribution >= 4 is 5.69 Å². The predicted molar refractivity (Wildman–Crippen MR) is 37.8 cm³/mol. The van der Waals surface area contributed by atoms with Gasteiger partial charge >= 0.3 is 0 Å².